The zero-order valence-electron chi connectivity index (χ0n) is 13.8. The van der Waals surface area contributed by atoms with Crippen molar-refractivity contribution in [2.45, 2.75) is 45.1 Å². The quantitative estimate of drug-likeness (QED) is 0.879. The fourth-order valence-corrected chi connectivity index (χ4v) is 3.06. The second kappa shape index (κ2) is 8.18. The van der Waals surface area contributed by atoms with Gasteiger partial charge in [0.05, 0.1) is 7.11 Å². The van der Waals surface area contributed by atoms with Crippen LogP contribution in [-0.2, 0) is 11.2 Å². The van der Waals surface area contributed by atoms with Crippen LogP contribution in [0.5, 0.6) is 5.75 Å². The molecule has 0 aliphatic carbocycles. The van der Waals surface area contributed by atoms with Crippen molar-refractivity contribution in [2.75, 3.05) is 20.2 Å². The van der Waals surface area contributed by atoms with Crippen LogP contribution in [0.3, 0.4) is 0 Å². The molecule has 2 atom stereocenters. The van der Waals surface area contributed by atoms with E-state index in [1.54, 1.807) is 7.11 Å². The number of rotatable bonds is 6. The standard InChI is InChI=1S/C18H28N2O2/c1-14(19)16-6-4-12-20(13-16)18(21)7-3-5-15-8-10-17(22-2)11-9-15/h8-11,14,16H,3-7,12-13,19H2,1-2H3. The van der Waals surface area contributed by atoms with E-state index in [0.717, 1.165) is 44.5 Å². The Morgan fingerprint density at radius 2 is 2.14 bits per heavy atom. The van der Waals surface area contributed by atoms with Gasteiger partial charge in [-0.25, -0.2) is 0 Å². The highest BCUT2D eigenvalue weighted by atomic mass is 16.5. The summed E-state index contributed by atoms with van der Waals surface area (Å²) in [6, 6.07) is 8.24. The minimum absolute atomic E-state index is 0.176. The van der Waals surface area contributed by atoms with Crippen LogP contribution < -0.4 is 10.5 Å². The van der Waals surface area contributed by atoms with Crippen molar-refractivity contribution in [3.05, 3.63) is 29.8 Å². The maximum absolute atomic E-state index is 12.3. The zero-order valence-corrected chi connectivity index (χ0v) is 13.8. The number of methoxy groups -OCH3 is 1. The highest BCUT2D eigenvalue weighted by Gasteiger charge is 2.25. The minimum Gasteiger partial charge on any atom is -0.497 e. The zero-order chi connectivity index (χ0) is 15.9. The summed E-state index contributed by atoms with van der Waals surface area (Å²) in [5.41, 5.74) is 7.23. The second-order valence-corrected chi connectivity index (χ2v) is 6.30. The van der Waals surface area contributed by atoms with Crippen LogP contribution >= 0.6 is 0 Å². The third-order valence-corrected chi connectivity index (χ3v) is 4.57. The van der Waals surface area contributed by atoms with Gasteiger partial charge in [-0.2, -0.15) is 0 Å². The van der Waals surface area contributed by atoms with Gasteiger partial charge in [0.1, 0.15) is 5.75 Å². The molecule has 1 amide bonds. The molecule has 4 heteroatoms. The first-order chi connectivity index (χ1) is 10.6. The number of nitrogens with zero attached hydrogens (tertiary/aromatic N) is 1. The summed E-state index contributed by atoms with van der Waals surface area (Å²) in [6.07, 6.45) is 4.67. The molecule has 1 saturated heterocycles. The Bertz CT molecular complexity index is 470. The van der Waals surface area contributed by atoms with Crippen molar-refractivity contribution < 1.29 is 9.53 Å². The molecule has 22 heavy (non-hydrogen) atoms. The molecule has 0 aromatic heterocycles. The first kappa shape index (κ1) is 16.8. The van der Waals surface area contributed by atoms with E-state index in [9.17, 15) is 4.79 Å². The van der Waals surface area contributed by atoms with Gasteiger partial charge in [0.2, 0.25) is 5.91 Å². The first-order valence-electron chi connectivity index (χ1n) is 8.26. The first-order valence-corrected chi connectivity index (χ1v) is 8.26. The number of piperidine rings is 1. The lowest BCUT2D eigenvalue weighted by Crippen LogP contribution is -2.45. The van der Waals surface area contributed by atoms with Crippen LogP contribution in [0.15, 0.2) is 24.3 Å². The van der Waals surface area contributed by atoms with Gasteiger partial charge in [-0.15, -0.1) is 0 Å². The predicted octanol–water partition coefficient (Wildman–Crippen LogP) is 2.60. The molecule has 122 valence electrons. The summed E-state index contributed by atoms with van der Waals surface area (Å²) in [4.78, 5) is 14.3. The van der Waals surface area contributed by atoms with E-state index in [2.05, 4.69) is 12.1 Å². The molecular weight excluding hydrogens is 276 g/mol. The molecule has 1 aromatic rings. The lowest BCUT2D eigenvalue weighted by atomic mass is 9.92. The van der Waals surface area contributed by atoms with E-state index in [-0.39, 0.29) is 11.9 Å². The van der Waals surface area contributed by atoms with Gasteiger partial charge in [-0.3, -0.25) is 4.79 Å². The van der Waals surface area contributed by atoms with Gasteiger partial charge in [-0.05, 0) is 56.2 Å². The van der Waals surface area contributed by atoms with E-state index in [4.69, 9.17) is 10.5 Å². The number of ether oxygens (including phenoxy) is 1. The molecular formula is C18H28N2O2. The molecule has 2 rings (SSSR count). The van der Waals surface area contributed by atoms with Gasteiger partial charge in [-0.1, -0.05) is 12.1 Å². The molecule has 1 heterocycles. The van der Waals surface area contributed by atoms with Crippen molar-refractivity contribution >= 4 is 5.91 Å². The monoisotopic (exact) mass is 304 g/mol. The van der Waals surface area contributed by atoms with Crippen LogP contribution in [0.4, 0.5) is 0 Å². The highest BCUT2D eigenvalue weighted by molar-refractivity contribution is 5.76. The van der Waals surface area contributed by atoms with Crippen LogP contribution in [-0.4, -0.2) is 37.0 Å². The Kier molecular flexibility index (Phi) is 6.25. The molecule has 0 radical (unpaired) electrons. The smallest absolute Gasteiger partial charge is 0.222 e. The fraction of sp³-hybridized carbons (Fsp3) is 0.611. The molecule has 1 aliphatic heterocycles. The van der Waals surface area contributed by atoms with Gasteiger partial charge < -0.3 is 15.4 Å². The maximum Gasteiger partial charge on any atom is 0.222 e. The van der Waals surface area contributed by atoms with Crippen molar-refractivity contribution in [1.29, 1.82) is 0 Å². The van der Waals surface area contributed by atoms with Gasteiger partial charge in [0.25, 0.3) is 0 Å². The third-order valence-electron chi connectivity index (χ3n) is 4.57. The molecule has 1 aromatic carbocycles. The van der Waals surface area contributed by atoms with Crippen molar-refractivity contribution in [3.63, 3.8) is 0 Å². The van der Waals surface area contributed by atoms with E-state index >= 15 is 0 Å². The van der Waals surface area contributed by atoms with Crippen molar-refractivity contribution in [3.8, 4) is 5.75 Å². The van der Waals surface area contributed by atoms with Crippen LogP contribution in [0.25, 0.3) is 0 Å². The van der Waals surface area contributed by atoms with Crippen LogP contribution in [0, 0.1) is 5.92 Å². The molecule has 0 bridgehead atoms. The van der Waals surface area contributed by atoms with Gasteiger partial charge in [0.15, 0.2) is 0 Å². The Morgan fingerprint density at radius 1 is 1.41 bits per heavy atom. The summed E-state index contributed by atoms with van der Waals surface area (Å²) < 4.78 is 5.15. The number of hydrogen-bond donors (Lipinski definition) is 1. The number of benzene rings is 1. The Labute approximate surface area is 133 Å². The SMILES string of the molecule is COc1ccc(CCCC(=O)N2CCCC(C(C)N)C2)cc1. The third kappa shape index (κ3) is 4.73. The number of carbonyl (C=O) groups excluding carboxylic acids is 1. The van der Waals surface area contributed by atoms with E-state index in [1.165, 1.54) is 5.56 Å². The molecule has 0 saturated carbocycles. The van der Waals surface area contributed by atoms with E-state index in [1.807, 2.05) is 24.0 Å². The van der Waals surface area contributed by atoms with Crippen LogP contribution in [0.1, 0.15) is 38.2 Å². The lowest BCUT2D eigenvalue weighted by Gasteiger charge is -2.34. The molecule has 0 spiro atoms. The summed E-state index contributed by atoms with van der Waals surface area (Å²) in [7, 11) is 1.67. The molecule has 1 fully saturated rings. The largest absolute Gasteiger partial charge is 0.497 e. The van der Waals surface area contributed by atoms with Gasteiger partial charge >= 0.3 is 0 Å². The second-order valence-electron chi connectivity index (χ2n) is 6.30. The summed E-state index contributed by atoms with van der Waals surface area (Å²) >= 11 is 0. The number of likely N-dealkylation sites (tertiary alicyclic amines) is 1. The van der Waals surface area contributed by atoms with E-state index < -0.39 is 0 Å². The Morgan fingerprint density at radius 3 is 2.77 bits per heavy atom. The lowest BCUT2D eigenvalue weighted by molar-refractivity contribution is -0.133. The molecule has 2 N–H and O–H groups in total. The maximum atomic E-state index is 12.3. The normalized spacial score (nSPS) is 19.8. The number of aryl methyl sites for hydroxylation is 1. The predicted molar refractivity (Wildman–Crippen MR) is 88.9 cm³/mol. The van der Waals surface area contributed by atoms with Crippen LogP contribution in [0.2, 0.25) is 0 Å². The fourth-order valence-electron chi connectivity index (χ4n) is 3.06. The topological polar surface area (TPSA) is 55.6 Å². The Balaban J connectivity index is 1.75. The number of amides is 1. The highest BCUT2D eigenvalue weighted by Crippen LogP contribution is 2.20. The Hall–Kier alpha value is -1.55. The minimum atomic E-state index is 0.176. The summed E-state index contributed by atoms with van der Waals surface area (Å²) in [5.74, 6) is 1.60. The summed E-state index contributed by atoms with van der Waals surface area (Å²) in [6.45, 7) is 3.77. The molecule has 1 aliphatic rings. The number of carbonyl (C=O) groups is 1. The number of nitrogens with two attached hydrogens (primary N) is 1. The van der Waals surface area contributed by atoms with Crippen molar-refractivity contribution in [2.24, 2.45) is 11.7 Å². The average molecular weight is 304 g/mol. The van der Waals surface area contributed by atoms with Gasteiger partial charge in [0, 0.05) is 25.6 Å². The molecule has 2 unspecified atom stereocenters. The van der Waals surface area contributed by atoms with Crippen molar-refractivity contribution in [1.82, 2.24) is 4.90 Å². The van der Waals surface area contributed by atoms with E-state index in [0.29, 0.717) is 12.3 Å². The number of hydrogen-bond acceptors (Lipinski definition) is 3. The molecule has 4 nitrogen and oxygen atoms in total. The average Bonchev–Trinajstić information content (AvgIpc) is 2.55. The summed E-state index contributed by atoms with van der Waals surface area (Å²) in [5, 5.41) is 0.